The van der Waals surface area contributed by atoms with Crippen molar-refractivity contribution in [3.63, 3.8) is 0 Å². The first-order chi connectivity index (χ1) is 13.6. The average Bonchev–Trinajstić information content (AvgIpc) is 2.71. The van der Waals surface area contributed by atoms with Crippen LogP contribution in [0.25, 0.3) is 10.8 Å². The van der Waals surface area contributed by atoms with Crippen molar-refractivity contribution in [2.24, 2.45) is 0 Å². The van der Waals surface area contributed by atoms with Crippen molar-refractivity contribution in [3.8, 4) is 5.75 Å². The Morgan fingerprint density at radius 1 is 0.964 bits per heavy atom. The Kier molecular flexibility index (Phi) is 6.66. The molecule has 0 unspecified atom stereocenters. The molecule has 5 nitrogen and oxygen atoms in total. The first-order valence-corrected chi connectivity index (χ1v) is 9.81. The van der Waals surface area contributed by atoms with Gasteiger partial charge in [-0.3, -0.25) is 20.4 Å². The summed E-state index contributed by atoms with van der Waals surface area (Å²) in [4.78, 5) is 24.1. The van der Waals surface area contributed by atoms with Crippen LogP contribution in [0, 0.1) is 0 Å². The highest BCUT2D eigenvalue weighted by atomic mass is 79.9. The molecule has 2 amide bonds. The Balaban J connectivity index is 1.49. The quantitative estimate of drug-likeness (QED) is 0.570. The minimum atomic E-state index is -0.433. The van der Waals surface area contributed by atoms with Gasteiger partial charge < -0.3 is 4.74 Å². The molecule has 28 heavy (non-hydrogen) atoms. The van der Waals surface area contributed by atoms with Gasteiger partial charge in [-0.05, 0) is 56.4 Å². The maximum absolute atomic E-state index is 12.2. The van der Waals surface area contributed by atoms with Gasteiger partial charge in [-0.15, -0.1) is 0 Å². The Morgan fingerprint density at radius 3 is 2.50 bits per heavy atom. The number of hydrazine groups is 1. The molecule has 0 saturated heterocycles. The van der Waals surface area contributed by atoms with E-state index in [1.807, 2.05) is 60.7 Å². The lowest BCUT2D eigenvalue weighted by molar-refractivity contribution is -0.129. The Labute approximate surface area is 172 Å². The van der Waals surface area contributed by atoms with Gasteiger partial charge in [0, 0.05) is 0 Å². The zero-order valence-electron chi connectivity index (χ0n) is 15.5. The summed E-state index contributed by atoms with van der Waals surface area (Å²) >= 11 is 3.43. The fourth-order valence-electron chi connectivity index (χ4n) is 2.86. The summed E-state index contributed by atoms with van der Waals surface area (Å²) in [5, 5.41) is 2.10. The predicted octanol–water partition coefficient (Wildman–Crippen LogP) is 3.93. The van der Waals surface area contributed by atoms with Crippen LogP contribution in [-0.2, 0) is 22.4 Å². The number of amides is 2. The summed E-state index contributed by atoms with van der Waals surface area (Å²) < 4.78 is 6.29. The number of benzene rings is 3. The zero-order chi connectivity index (χ0) is 19.9. The van der Waals surface area contributed by atoms with E-state index in [-0.39, 0.29) is 18.9 Å². The lowest BCUT2D eigenvalue weighted by Gasteiger charge is -2.11. The smallest absolute Gasteiger partial charge is 0.276 e. The van der Waals surface area contributed by atoms with Crippen molar-refractivity contribution in [1.82, 2.24) is 10.9 Å². The van der Waals surface area contributed by atoms with Crippen LogP contribution in [0.4, 0.5) is 0 Å². The van der Waals surface area contributed by atoms with Crippen molar-refractivity contribution in [2.75, 3.05) is 6.61 Å². The van der Waals surface area contributed by atoms with Crippen LogP contribution < -0.4 is 15.6 Å². The molecular weight excluding hydrogens is 420 g/mol. The molecule has 0 fully saturated rings. The summed E-state index contributed by atoms with van der Waals surface area (Å²) in [5.74, 6) is -0.148. The average molecular weight is 441 g/mol. The van der Waals surface area contributed by atoms with Gasteiger partial charge in [0.15, 0.2) is 6.61 Å². The van der Waals surface area contributed by atoms with Gasteiger partial charge in [0.2, 0.25) is 5.91 Å². The molecule has 0 spiro atoms. The summed E-state index contributed by atoms with van der Waals surface area (Å²) in [6, 6.07) is 19.4. The molecule has 3 aromatic carbocycles. The molecule has 3 rings (SSSR count). The van der Waals surface area contributed by atoms with E-state index >= 15 is 0 Å². The molecule has 0 heterocycles. The fraction of sp³-hybridized carbons (Fsp3) is 0.182. The minimum Gasteiger partial charge on any atom is -0.483 e. The van der Waals surface area contributed by atoms with Gasteiger partial charge in [-0.1, -0.05) is 55.5 Å². The number of rotatable bonds is 6. The maximum Gasteiger partial charge on any atom is 0.276 e. The van der Waals surface area contributed by atoms with Crippen molar-refractivity contribution in [1.29, 1.82) is 0 Å². The summed E-state index contributed by atoms with van der Waals surface area (Å²) in [7, 11) is 0. The fourth-order valence-corrected chi connectivity index (χ4v) is 3.40. The molecule has 6 heteroatoms. The molecule has 0 aliphatic rings. The van der Waals surface area contributed by atoms with Crippen LogP contribution in [0.15, 0.2) is 65.1 Å². The molecular formula is C22H21BrN2O3. The molecule has 0 aromatic heterocycles. The first-order valence-electron chi connectivity index (χ1n) is 9.02. The molecule has 144 valence electrons. The highest BCUT2D eigenvalue weighted by Gasteiger charge is 2.10. The van der Waals surface area contributed by atoms with E-state index in [4.69, 9.17) is 4.74 Å². The van der Waals surface area contributed by atoms with Crippen LogP contribution in [0.3, 0.4) is 0 Å². The van der Waals surface area contributed by atoms with E-state index in [1.165, 1.54) is 5.56 Å². The van der Waals surface area contributed by atoms with E-state index in [0.29, 0.717) is 5.75 Å². The second-order valence-electron chi connectivity index (χ2n) is 6.32. The number of halogens is 1. The Morgan fingerprint density at radius 2 is 1.71 bits per heavy atom. The normalized spacial score (nSPS) is 10.5. The van der Waals surface area contributed by atoms with E-state index < -0.39 is 5.91 Å². The first kappa shape index (κ1) is 19.9. The van der Waals surface area contributed by atoms with E-state index in [9.17, 15) is 9.59 Å². The third-order valence-corrected chi connectivity index (χ3v) is 4.96. The van der Waals surface area contributed by atoms with Gasteiger partial charge in [0.25, 0.3) is 5.91 Å². The van der Waals surface area contributed by atoms with Crippen LogP contribution in [0.1, 0.15) is 18.1 Å². The predicted molar refractivity (Wildman–Crippen MR) is 113 cm³/mol. The lowest BCUT2D eigenvalue weighted by Crippen LogP contribution is -2.44. The number of nitrogens with one attached hydrogen (secondary N) is 2. The number of carbonyl (C=O) groups excluding carboxylic acids is 2. The third kappa shape index (κ3) is 5.10. The van der Waals surface area contributed by atoms with Gasteiger partial charge in [-0.25, -0.2) is 0 Å². The Hall–Kier alpha value is -2.86. The largest absolute Gasteiger partial charge is 0.483 e. The van der Waals surface area contributed by atoms with E-state index in [0.717, 1.165) is 27.2 Å². The number of carbonyl (C=O) groups is 2. The number of ether oxygens (including phenoxy) is 1. The molecule has 0 atom stereocenters. The number of aryl methyl sites for hydroxylation is 1. The second-order valence-corrected chi connectivity index (χ2v) is 7.17. The molecule has 3 aromatic rings. The van der Waals surface area contributed by atoms with Gasteiger partial charge in [0.05, 0.1) is 10.9 Å². The highest BCUT2D eigenvalue weighted by Crippen LogP contribution is 2.26. The lowest BCUT2D eigenvalue weighted by atomic mass is 10.0. The molecule has 0 bridgehead atoms. The summed E-state index contributed by atoms with van der Waals surface area (Å²) in [5.41, 5.74) is 6.89. The number of hydrogen-bond donors (Lipinski definition) is 2. The highest BCUT2D eigenvalue weighted by molar-refractivity contribution is 9.10. The van der Waals surface area contributed by atoms with Crippen molar-refractivity contribution < 1.29 is 14.3 Å². The van der Waals surface area contributed by atoms with Gasteiger partial charge in [0.1, 0.15) is 5.75 Å². The van der Waals surface area contributed by atoms with Crippen LogP contribution in [0.5, 0.6) is 5.75 Å². The SMILES string of the molecule is CCc1ccc(OCC(=O)NNC(=O)Cc2cccc3ccccc23)c(Br)c1. The van der Waals surface area contributed by atoms with Gasteiger partial charge in [-0.2, -0.15) is 0 Å². The second kappa shape index (κ2) is 9.37. The van der Waals surface area contributed by atoms with Crippen molar-refractivity contribution in [3.05, 3.63) is 76.3 Å². The van der Waals surface area contributed by atoms with Crippen molar-refractivity contribution in [2.45, 2.75) is 19.8 Å². The van der Waals surface area contributed by atoms with E-state index in [1.54, 1.807) is 0 Å². The molecule has 0 radical (unpaired) electrons. The summed E-state index contributed by atoms with van der Waals surface area (Å²) in [6.07, 6.45) is 1.09. The monoisotopic (exact) mass is 440 g/mol. The van der Waals surface area contributed by atoms with Crippen LogP contribution >= 0.6 is 15.9 Å². The summed E-state index contributed by atoms with van der Waals surface area (Å²) in [6.45, 7) is 1.87. The minimum absolute atomic E-state index is 0.173. The molecule has 0 saturated carbocycles. The van der Waals surface area contributed by atoms with Crippen molar-refractivity contribution >= 4 is 38.5 Å². The van der Waals surface area contributed by atoms with E-state index in [2.05, 4.69) is 33.7 Å². The third-order valence-electron chi connectivity index (χ3n) is 4.34. The van der Waals surface area contributed by atoms with Crippen LogP contribution in [0.2, 0.25) is 0 Å². The number of fused-ring (bicyclic) bond motifs is 1. The molecule has 0 aliphatic heterocycles. The maximum atomic E-state index is 12.2. The Bertz CT molecular complexity index is 999. The molecule has 2 N–H and O–H groups in total. The van der Waals surface area contributed by atoms with Crippen LogP contribution in [-0.4, -0.2) is 18.4 Å². The topological polar surface area (TPSA) is 67.4 Å². The number of hydrogen-bond acceptors (Lipinski definition) is 3. The standard InChI is InChI=1S/C22H21BrN2O3/c1-2-15-10-11-20(19(23)12-15)28-14-22(27)25-24-21(26)13-17-8-5-7-16-6-3-4-9-18(16)17/h3-12H,2,13-14H2,1H3,(H,24,26)(H,25,27). The van der Waals surface area contributed by atoms with Gasteiger partial charge >= 0.3 is 0 Å². The zero-order valence-corrected chi connectivity index (χ0v) is 17.1. The molecule has 0 aliphatic carbocycles.